The van der Waals surface area contributed by atoms with Crippen LogP contribution in [-0.4, -0.2) is 29.6 Å². The van der Waals surface area contributed by atoms with Gasteiger partial charge in [0.15, 0.2) is 6.04 Å². The van der Waals surface area contributed by atoms with Crippen molar-refractivity contribution in [1.82, 2.24) is 10.6 Å². The minimum absolute atomic E-state index is 0.233. The van der Waals surface area contributed by atoms with Gasteiger partial charge >= 0.3 is 5.97 Å². The molecule has 1 heterocycles. The lowest BCUT2D eigenvalue weighted by Gasteiger charge is -2.20. The van der Waals surface area contributed by atoms with Crippen molar-refractivity contribution in [1.29, 1.82) is 0 Å². The maximum Gasteiger partial charge on any atom is 0.330 e. The van der Waals surface area contributed by atoms with E-state index in [0.29, 0.717) is 5.56 Å². The molecule has 0 saturated carbocycles. The summed E-state index contributed by atoms with van der Waals surface area (Å²) < 4.78 is 0. The Bertz CT molecular complexity index is 453. The van der Waals surface area contributed by atoms with Crippen molar-refractivity contribution in [3.63, 3.8) is 0 Å². The van der Waals surface area contributed by atoms with Gasteiger partial charge in [0.25, 0.3) is 0 Å². The summed E-state index contributed by atoms with van der Waals surface area (Å²) >= 11 is 0. The fourth-order valence-electron chi connectivity index (χ4n) is 2.43. The molecular weight excluding hydrogens is 256 g/mol. The van der Waals surface area contributed by atoms with Gasteiger partial charge in [0.1, 0.15) is 0 Å². The monoisotopic (exact) mass is 276 g/mol. The molecule has 1 fully saturated rings. The van der Waals surface area contributed by atoms with Gasteiger partial charge in [0.05, 0.1) is 6.04 Å². The van der Waals surface area contributed by atoms with Crippen molar-refractivity contribution >= 4 is 11.9 Å². The summed E-state index contributed by atoms with van der Waals surface area (Å²) in [6.07, 6.45) is 3.92. The van der Waals surface area contributed by atoms with Crippen LogP contribution in [0.3, 0.4) is 0 Å². The first-order valence-corrected chi connectivity index (χ1v) is 7.00. The molecule has 3 N–H and O–H groups in total. The fraction of sp³-hybridized carbons (Fsp3) is 0.467. The van der Waals surface area contributed by atoms with Gasteiger partial charge in [-0.1, -0.05) is 43.2 Å². The molecule has 2 atom stereocenters. The van der Waals surface area contributed by atoms with Crippen LogP contribution in [0.1, 0.15) is 37.3 Å². The molecule has 5 nitrogen and oxygen atoms in total. The van der Waals surface area contributed by atoms with Gasteiger partial charge in [0, 0.05) is 0 Å². The lowest BCUT2D eigenvalue weighted by molar-refractivity contribution is -0.142. The fourth-order valence-corrected chi connectivity index (χ4v) is 2.43. The molecule has 0 bridgehead atoms. The molecule has 1 aliphatic heterocycles. The number of carbonyl (C=O) groups is 2. The standard InChI is InChI=1S/C15H20N2O3/c18-14(12-9-5-2-6-10-16-12)17-13(15(19)20)11-7-3-1-4-8-11/h1,3-4,7-8,12-13,16H,2,5-6,9-10H2,(H,17,18)(H,19,20)/t12?,13-/m0/s1. The Hall–Kier alpha value is -1.88. The zero-order valence-corrected chi connectivity index (χ0v) is 11.3. The van der Waals surface area contributed by atoms with E-state index in [9.17, 15) is 14.7 Å². The SMILES string of the molecule is O=C(N[C@H](C(=O)O)c1ccccc1)C1CCCCCN1. The Labute approximate surface area is 118 Å². The molecule has 2 rings (SSSR count). The van der Waals surface area contributed by atoms with Crippen LogP contribution in [0.25, 0.3) is 0 Å². The average Bonchev–Trinajstić information content (AvgIpc) is 2.74. The summed E-state index contributed by atoms with van der Waals surface area (Å²) in [5, 5.41) is 15.1. The van der Waals surface area contributed by atoms with E-state index in [1.54, 1.807) is 24.3 Å². The first-order chi connectivity index (χ1) is 9.68. The van der Waals surface area contributed by atoms with Gasteiger partial charge in [-0.2, -0.15) is 0 Å². The van der Waals surface area contributed by atoms with E-state index in [1.165, 1.54) is 0 Å². The van der Waals surface area contributed by atoms with E-state index in [4.69, 9.17) is 0 Å². The van der Waals surface area contributed by atoms with Crippen LogP contribution in [0, 0.1) is 0 Å². The van der Waals surface area contributed by atoms with Crippen LogP contribution in [0.4, 0.5) is 0 Å². The molecule has 0 spiro atoms. The van der Waals surface area contributed by atoms with Crippen molar-refractivity contribution in [3.8, 4) is 0 Å². The van der Waals surface area contributed by atoms with Crippen LogP contribution in [0.5, 0.6) is 0 Å². The van der Waals surface area contributed by atoms with Crippen molar-refractivity contribution in [3.05, 3.63) is 35.9 Å². The molecule has 0 aromatic heterocycles. The highest BCUT2D eigenvalue weighted by molar-refractivity contribution is 5.87. The third-order valence-corrected chi connectivity index (χ3v) is 3.54. The lowest BCUT2D eigenvalue weighted by Crippen LogP contribution is -2.46. The maximum atomic E-state index is 12.2. The first kappa shape index (κ1) is 14.5. The summed E-state index contributed by atoms with van der Waals surface area (Å²) in [6.45, 7) is 0.807. The molecular formula is C15H20N2O3. The number of rotatable bonds is 4. The number of carboxylic acids is 1. The molecule has 1 aromatic carbocycles. The second-order valence-electron chi connectivity index (χ2n) is 5.05. The van der Waals surface area contributed by atoms with Crippen LogP contribution >= 0.6 is 0 Å². The number of hydrogen-bond acceptors (Lipinski definition) is 3. The Morgan fingerprint density at radius 3 is 2.65 bits per heavy atom. The van der Waals surface area contributed by atoms with Crippen LogP contribution < -0.4 is 10.6 Å². The smallest absolute Gasteiger partial charge is 0.330 e. The van der Waals surface area contributed by atoms with E-state index < -0.39 is 12.0 Å². The first-order valence-electron chi connectivity index (χ1n) is 7.00. The Morgan fingerprint density at radius 1 is 1.20 bits per heavy atom. The number of hydrogen-bond donors (Lipinski definition) is 3. The van der Waals surface area contributed by atoms with Crippen molar-refractivity contribution in [2.75, 3.05) is 6.54 Å². The minimum Gasteiger partial charge on any atom is -0.479 e. The number of benzene rings is 1. The highest BCUT2D eigenvalue weighted by atomic mass is 16.4. The van der Waals surface area contributed by atoms with Crippen LogP contribution in [0.15, 0.2) is 30.3 Å². The quantitative estimate of drug-likeness (QED) is 0.778. The Kier molecular flexibility index (Phi) is 5.12. The second-order valence-corrected chi connectivity index (χ2v) is 5.05. The van der Waals surface area contributed by atoms with Gasteiger partial charge < -0.3 is 15.7 Å². The maximum absolute atomic E-state index is 12.2. The number of aliphatic carboxylic acids is 1. The number of amides is 1. The zero-order chi connectivity index (χ0) is 14.4. The Balaban J connectivity index is 2.04. The zero-order valence-electron chi connectivity index (χ0n) is 11.3. The summed E-state index contributed by atoms with van der Waals surface area (Å²) in [4.78, 5) is 23.6. The number of carboxylic acid groups (broad SMARTS) is 1. The third-order valence-electron chi connectivity index (χ3n) is 3.54. The van der Waals surface area contributed by atoms with Crippen LogP contribution in [-0.2, 0) is 9.59 Å². The van der Waals surface area contributed by atoms with Crippen molar-refractivity contribution in [2.24, 2.45) is 0 Å². The molecule has 0 radical (unpaired) electrons. The van der Waals surface area contributed by atoms with Gasteiger partial charge in [-0.25, -0.2) is 4.79 Å². The molecule has 20 heavy (non-hydrogen) atoms. The van der Waals surface area contributed by atoms with E-state index >= 15 is 0 Å². The lowest BCUT2D eigenvalue weighted by atomic mass is 10.1. The molecule has 1 aromatic rings. The Morgan fingerprint density at radius 2 is 1.95 bits per heavy atom. The normalized spacial score (nSPS) is 20.7. The van der Waals surface area contributed by atoms with Crippen LogP contribution in [0.2, 0.25) is 0 Å². The van der Waals surface area contributed by atoms with Gasteiger partial charge in [-0.05, 0) is 24.9 Å². The second kappa shape index (κ2) is 7.05. The highest BCUT2D eigenvalue weighted by Gasteiger charge is 2.26. The molecule has 1 unspecified atom stereocenters. The van der Waals surface area contributed by atoms with Gasteiger partial charge in [0.2, 0.25) is 5.91 Å². The molecule has 1 saturated heterocycles. The number of carbonyl (C=O) groups excluding carboxylic acids is 1. The minimum atomic E-state index is -1.04. The predicted molar refractivity (Wildman–Crippen MR) is 75.2 cm³/mol. The molecule has 5 heteroatoms. The highest BCUT2D eigenvalue weighted by Crippen LogP contribution is 2.14. The molecule has 1 amide bonds. The van der Waals surface area contributed by atoms with E-state index in [-0.39, 0.29) is 11.9 Å². The molecule has 0 aliphatic carbocycles. The van der Waals surface area contributed by atoms with Crippen molar-refractivity contribution in [2.45, 2.75) is 37.8 Å². The molecule has 108 valence electrons. The topological polar surface area (TPSA) is 78.4 Å². The van der Waals surface area contributed by atoms with Crippen molar-refractivity contribution < 1.29 is 14.7 Å². The summed E-state index contributed by atoms with van der Waals surface area (Å²) in [6, 6.07) is 7.48. The predicted octanol–water partition coefficient (Wildman–Crippen LogP) is 1.46. The van der Waals surface area contributed by atoms with Gasteiger partial charge in [-0.15, -0.1) is 0 Å². The number of nitrogens with one attached hydrogen (secondary N) is 2. The van der Waals surface area contributed by atoms with E-state index in [2.05, 4.69) is 10.6 Å². The van der Waals surface area contributed by atoms with E-state index in [1.807, 2.05) is 6.07 Å². The summed E-state index contributed by atoms with van der Waals surface area (Å²) in [5.41, 5.74) is 0.585. The average molecular weight is 276 g/mol. The van der Waals surface area contributed by atoms with Gasteiger partial charge in [-0.3, -0.25) is 4.79 Å². The third kappa shape index (κ3) is 3.81. The largest absolute Gasteiger partial charge is 0.479 e. The van der Waals surface area contributed by atoms with E-state index in [0.717, 1.165) is 32.2 Å². The molecule has 1 aliphatic rings. The summed E-state index contributed by atoms with van der Waals surface area (Å²) in [7, 11) is 0. The summed E-state index contributed by atoms with van der Waals surface area (Å²) in [5.74, 6) is -1.28.